The molecule has 0 nitrogen and oxygen atoms in total. The van der Waals surface area contributed by atoms with E-state index in [2.05, 4.69) is 20.8 Å². The molecule has 0 aliphatic heterocycles. The molecule has 66 valence electrons. The summed E-state index contributed by atoms with van der Waals surface area (Å²) in [5, 5.41) is 0. The van der Waals surface area contributed by atoms with E-state index in [9.17, 15) is 0 Å². The van der Waals surface area contributed by atoms with E-state index in [0.29, 0.717) is 0 Å². The van der Waals surface area contributed by atoms with E-state index in [4.69, 9.17) is 0 Å². The molecule has 0 spiro atoms. The fraction of sp³-hybridized carbons (Fsp3) is 1.00. The predicted octanol–water partition coefficient (Wildman–Crippen LogP) is 3.86. The quantitative estimate of drug-likeness (QED) is 0.497. The molecule has 3 fully saturated rings. The summed E-state index contributed by atoms with van der Waals surface area (Å²) in [6.45, 7) is 6.65. The average Bonchev–Trinajstić information content (AvgIpc) is 1.86. The highest BCUT2D eigenvalue weighted by molar-refractivity contribution is 4.87. The van der Waals surface area contributed by atoms with Gasteiger partial charge in [-0.15, -0.1) is 0 Å². The average molecular weight is 154 g/mol. The highest BCUT2D eigenvalue weighted by Gasteiger charge is 2.35. The van der Waals surface area contributed by atoms with Crippen LogP contribution in [-0.2, 0) is 0 Å². The summed E-state index contributed by atoms with van der Waals surface area (Å²) in [5.41, 5.74) is 0. The highest BCUT2D eigenvalue weighted by atomic mass is 14.4. The first-order chi connectivity index (χ1) is 5.26. The molecule has 0 heteroatoms. The Bertz CT molecular complexity index is 90.6. The molecule has 0 heterocycles. The largest absolute Gasteiger partial charge is 0.0656 e. The van der Waals surface area contributed by atoms with Crippen LogP contribution in [0.1, 0.15) is 52.9 Å². The summed E-state index contributed by atoms with van der Waals surface area (Å²) >= 11 is 0. The highest BCUT2D eigenvalue weighted by Crippen LogP contribution is 2.47. The standard InChI is InChI=1S/C8H14.C3H8/c1-6-2-7-4-8(3-6)5-7;1-3-2/h6-8H,2-5H2,1H3;3H2,1-2H3. The van der Waals surface area contributed by atoms with Gasteiger partial charge in [-0.05, 0) is 43.4 Å². The van der Waals surface area contributed by atoms with Gasteiger partial charge in [0.1, 0.15) is 0 Å². The molecule has 0 radical (unpaired) electrons. The third kappa shape index (κ3) is 2.50. The summed E-state index contributed by atoms with van der Waals surface area (Å²) in [5.74, 6) is 3.37. The van der Waals surface area contributed by atoms with E-state index in [0.717, 1.165) is 17.8 Å². The van der Waals surface area contributed by atoms with E-state index in [1.165, 1.54) is 19.3 Å². The van der Waals surface area contributed by atoms with Crippen LogP contribution in [-0.4, -0.2) is 0 Å². The lowest BCUT2D eigenvalue weighted by atomic mass is 9.62. The Kier molecular flexibility index (Phi) is 3.42. The fourth-order valence-electron chi connectivity index (χ4n) is 2.49. The Morgan fingerprint density at radius 3 is 1.45 bits per heavy atom. The number of hydrogen-bond acceptors (Lipinski definition) is 0. The molecule has 0 aromatic rings. The first kappa shape index (κ1) is 9.09. The molecule has 3 aliphatic rings. The van der Waals surface area contributed by atoms with Crippen LogP contribution in [0.2, 0.25) is 0 Å². The molecule has 0 aromatic heterocycles. The van der Waals surface area contributed by atoms with Gasteiger partial charge in [-0.3, -0.25) is 0 Å². The minimum absolute atomic E-state index is 1.06. The van der Waals surface area contributed by atoms with Crippen LogP contribution >= 0.6 is 0 Å². The van der Waals surface area contributed by atoms with Crippen molar-refractivity contribution in [2.24, 2.45) is 17.8 Å². The van der Waals surface area contributed by atoms with Crippen LogP contribution in [0.15, 0.2) is 0 Å². The van der Waals surface area contributed by atoms with Gasteiger partial charge in [0.25, 0.3) is 0 Å². The van der Waals surface area contributed by atoms with Crippen molar-refractivity contribution in [2.75, 3.05) is 0 Å². The van der Waals surface area contributed by atoms with Crippen molar-refractivity contribution in [3.05, 3.63) is 0 Å². The van der Waals surface area contributed by atoms with Gasteiger partial charge in [-0.25, -0.2) is 0 Å². The molecule has 0 amide bonds. The summed E-state index contributed by atoms with van der Waals surface area (Å²) in [6, 6.07) is 0. The fourth-order valence-corrected chi connectivity index (χ4v) is 2.49. The molecule has 11 heavy (non-hydrogen) atoms. The maximum absolute atomic E-state index is 2.40. The second kappa shape index (κ2) is 4.13. The van der Waals surface area contributed by atoms with Crippen LogP contribution in [0.25, 0.3) is 0 Å². The maximum atomic E-state index is 2.40. The zero-order valence-corrected chi connectivity index (χ0v) is 8.27. The minimum atomic E-state index is 1.06. The molecule has 0 unspecified atom stereocenters. The SMILES string of the molecule is CC1CC2CC(C1)C2.CCC. The smallest absolute Gasteiger partial charge is 0.0406 e. The molecule has 2 bridgehead atoms. The van der Waals surface area contributed by atoms with Gasteiger partial charge in [-0.1, -0.05) is 27.2 Å². The minimum Gasteiger partial charge on any atom is -0.0656 e. The Morgan fingerprint density at radius 1 is 0.909 bits per heavy atom. The topological polar surface area (TPSA) is 0 Å². The van der Waals surface area contributed by atoms with Crippen LogP contribution < -0.4 is 0 Å². The lowest BCUT2D eigenvalue weighted by Crippen LogP contribution is -2.32. The summed E-state index contributed by atoms with van der Waals surface area (Å²) in [6.07, 6.45) is 7.47. The van der Waals surface area contributed by atoms with E-state index in [1.807, 2.05) is 0 Å². The summed E-state index contributed by atoms with van der Waals surface area (Å²) < 4.78 is 0. The van der Waals surface area contributed by atoms with Gasteiger partial charge in [0, 0.05) is 0 Å². The summed E-state index contributed by atoms with van der Waals surface area (Å²) in [7, 11) is 0. The van der Waals surface area contributed by atoms with Crippen LogP contribution in [0.4, 0.5) is 0 Å². The van der Waals surface area contributed by atoms with Gasteiger partial charge in [-0.2, -0.15) is 0 Å². The first-order valence-electron chi connectivity index (χ1n) is 5.26. The van der Waals surface area contributed by atoms with Gasteiger partial charge in [0.2, 0.25) is 0 Å². The lowest BCUT2D eigenvalue weighted by molar-refractivity contribution is 0.0751. The molecule has 0 aromatic carbocycles. The van der Waals surface area contributed by atoms with Crippen molar-refractivity contribution >= 4 is 0 Å². The van der Waals surface area contributed by atoms with Crippen molar-refractivity contribution in [1.82, 2.24) is 0 Å². The van der Waals surface area contributed by atoms with Gasteiger partial charge >= 0.3 is 0 Å². The van der Waals surface area contributed by atoms with Gasteiger partial charge in [0.05, 0.1) is 0 Å². The van der Waals surface area contributed by atoms with Gasteiger partial charge in [0.15, 0.2) is 0 Å². The van der Waals surface area contributed by atoms with Crippen LogP contribution in [0, 0.1) is 17.8 Å². The normalized spacial score (nSPS) is 40.1. The molecule has 0 saturated heterocycles. The Morgan fingerprint density at radius 2 is 1.27 bits per heavy atom. The summed E-state index contributed by atoms with van der Waals surface area (Å²) in [4.78, 5) is 0. The zero-order valence-electron chi connectivity index (χ0n) is 8.27. The second-order valence-corrected chi connectivity index (χ2v) is 4.49. The maximum Gasteiger partial charge on any atom is -0.0406 e. The lowest BCUT2D eigenvalue weighted by Gasteiger charge is -2.44. The van der Waals surface area contributed by atoms with Crippen molar-refractivity contribution < 1.29 is 0 Å². The van der Waals surface area contributed by atoms with E-state index >= 15 is 0 Å². The second-order valence-electron chi connectivity index (χ2n) is 4.49. The van der Waals surface area contributed by atoms with Crippen LogP contribution in [0.3, 0.4) is 0 Å². The molecule has 3 saturated carbocycles. The molecular formula is C11H22. The first-order valence-corrected chi connectivity index (χ1v) is 5.26. The molecule has 0 N–H and O–H groups in total. The third-order valence-electron chi connectivity index (χ3n) is 2.80. The Balaban J connectivity index is 0.000000179. The van der Waals surface area contributed by atoms with Crippen molar-refractivity contribution in [2.45, 2.75) is 52.9 Å². The number of fused-ring (bicyclic) bond motifs is 2. The molecular weight excluding hydrogens is 132 g/mol. The zero-order chi connectivity index (χ0) is 8.27. The molecule has 3 rings (SSSR count). The molecule has 3 aliphatic carbocycles. The van der Waals surface area contributed by atoms with Gasteiger partial charge < -0.3 is 0 Å². The van der Waals surface area contributed by atoms with Crippen molar-refractivity contribution in [3.63, 3.8) is 0 Å². The van der Waals surface area contributed by atoms with E-state index < -0.39 is 0 Å². The van der Waals surface area contributed by atoms with Crippen LogP contribution in [0.5, 0.6) is 0 Å². The Hall–Kier alpha value is 0. The van der Waals surface area contributed by atoms with Crippen molar-refractivity contribution in [1.29, 1.82) is 0 Å². The molecule has 0 atom stereocenters. The Labute approximate surface area is 71.4 Å². The monoisotopic (exact) mass is 154 g/mol. The number of hydrogen-bond donors (Lipinski definition) is 0. The number of rotatable bonds is 0. The van der Waals surface area contributed by atoms with E-state index in [1.54, 1.807) is 12.8 Å². The predicted molar refractivity (Wildman–Crippen MR) is 50.6 cm³/mol. The third-order valence-corrected chi connectivity index (χ3v) is 2.80. The van der Waals surface area contributed by atoms with E-state index in [-0.39, 0.29) is 0 Å². The van der Waals surface area contributed by atoms with Crippen molar-refractivity contribution in [3.8, 4) is 0 Å².